The van der Waals surface area contributed by atoms with Crippen LogP contribution in [0.1, 0.15) is 13.8 Å². The summed E-state index contributed by atoms with van der Waals surface area (Å²) in [6.45, 7) is 1.54. The molecule has 0 aliphatic heterocycles. The Hall–Kier alpha value is -0.240. The first-order chi connectivity index (χ1) is 6.78. The standard InChI is InChI=1S/C9H20O6/c1-9(2,7(14)5(12)3-10)8(15)6(13)4-11/h5-8,10-15H,3-4H2,1-2H3. The molecule has 0 amide bonds. The average molecular weight is 224 g/mol. The summed E-state index contributed by atoms with van der Waals surface area (Å²) in [6, 6.07) is 0. The Morgan fingerprint density at radius 3 is 1.27 bits per heavy atom. The Kier molecular flexibility index (Phi) is 5.65. The van der Waals surface area contributed by atoms with E-state index in [-0.39, 0.29) is 0 Å². The van der Waals surface area contributed by atoms with Gasteiger partial charge in [0.05, 0.1) is 25.4 Å². The van der Waals surface area contributed by atoms with Crippen LogP contribution in [0.15, 0.2) is 0 Å². The summed E-state index contributed by atoms with van der Waals surface area (Å²) in [5.74, 6) is 0. The van der Waals surface area contributed by atoms with Crippen LogP contribution in [-0.2, 0) is 0 Å². The van der Waals surface area contributed by atoms with Gasteiger partial charge in [-0.1, -0.05) is 13.8 Å². The lowest BCUT2D eigenvalue weighted by Gasteiger charge is -2.38. The van der Waals surface area contributed by atoms with Gasteiger partial charge in [0.1, 0.15) is 12.2 Å². The molecule has 0 spiro atoms. The molecule has 0 aromatic rings. The van der Waals surface area contributed by atoms with Crippen LogP contribution in [0.5, 0.6) is 0 Å². The Bertz CT molecular complexity index is 165. The molecule has 0 fully saturated rings. The minimum absolute atomic E-state index is 0.646. The third-order valence-electron chi connectivity index (χ3n) is 2.63. The number of aliphatic hydroxyl groups is 6. The Morgan fingerprint density at radius 1 is 0.800 bits per heavy atom. The van der Waals surface area contributed by atoms with E-state index < -0.39 is 43.0 Å². The molecular formula is C9H20O6. The van der Waals surface area contributed by atoms with Crippen molar-refractivity contribution < 1.29 is 30.6 Å². The maximum atomic E-state index is 9.60. The van der Waals surface area contributed by atoms with Crippen LogP contribution < -0.4 is 0 Å². The smallest absolute Gasteiger partial charge is 0.103 e. The molecule has 0 aliphatic rings. The van der Waals surface area contributed by atoms with Crippen LogP contribution in [0.25, 0.3) is 0 Å². The number of hydrogen-bond acceptors (Lipinski definition) is 6. The summed E-state index contributed by atoms with van der Waals surface area (Å²) in [7, 11) is 0. The lowest BCUT2D eigenvalue weighted by Crippen LogP contribution is -2.52. The van der Waals surface area contributed by atoms with Crippen LogP contribution in [-0.4, -0.2) is 68.3 Å². The molecule has 92 valence electrons. The van der Waals surface area contributed by atoms with E-state index in [2.05, 4.69) is 0 Å². The van der Waals surface area contributed by atoms with E-state index >= 15 is 0 Å². The Morgan fingerprint density at radius 2 is 1.07 bits per heavy atom. The molecule has 0 saturated carbocycles. The number of hydrogen-bond donors (Lipinski definition) is 6. The molecular weight excluding hydrogens is 204 g/mol. The van der Waals surface area contributed by atoms with Gasteiger partial charge in [-0.3, -0.25) is 0 Å². The van der Waals surface area contributed by atoms with Crippen molar-refractivity contribution in [1.29, 1.82) is 0 Å². The third-order valence-corrected chi connectivity index (χ3v) is 2.63. The lowest BCUT2D eigenvalue weighted by molar-refractivity contribution is -0.148. The van der Waals surface area contributed by atoms with E-state index in [0.717, 1.165) is 0 Å². The van der Waals surface area contributed by atoms with E-state index in [4.69, 9.17) is 10.2 Å². The fraction of sp³-hybridized carbons (Fsp3) is 1.00. The molecule has 0 rings (SSSR count). The van der Waals surface area contributed by atoms with Crippen molar-refractivity contribution in [2.45, 2.75) is 38.3 Å². The first-order valence-electron chi connectivity index (χ1n) is 4.73. The molecule has 6 heteroatoms. The van der Waals surface area contributed by atoms with E-state index in [9.17, 15) is 20.4 Å². The molecule has 4 atom stereocenters. The molecule has 15 heavy (non-hydrogen) atoms. The minimum Gasteiger partial charge on any atom is -0.394 e. The van der Waals surface area contributed by atoms with Gasteiger partial charge in [-0.2, -0.15) is 0 Å². The molecule has 6 nitrogen and oxygen atoms in total. The second-order valence-electron chi connectivity index (χ2n) is 4.21. The molecule has 0 saturated heterocycles. The van der Waals surface area contributed by atoms with Crippen LogP contribution in [0.2, 0.25) is 0 Å². The SMILES string of the molecule is CC(C)(C(O)C(O)CO)C(O)C(O)CO. The highest BCUT2D eigenvalue weighted by Crippen LogP contribution is 2.29. The molecule has 4 unspecified atom stereocenters. The predicted octanol–water partition coefficient (Wildman–Crippen LogP) is -2.56. The molecule has 0 aliphatic carbocycles. The van der Waals surface area contributed by atoms with Crippen molar-refractivity contribution in [3.8, 4) is 0 Å². The summed E-state index contributed by atoms with van der Waals surface area (Å²) in [5, 5.41) is 54.9. The normalized spacial score (nSPS) is 20.8. The summed E-state index contributed by atoms with van der Waals surface area (Å²) >= 11 is 0. The first kappa shape index (κ1) is 14.8. The lowest BCUT2D eigenvalue weighted by atomic mass is 9.76. The highest BCUT2D eigenvalue weighted by Gasteiger charge is 2.42. The summed E-state index contributed by atoms with van der Waals surface area (Å²) in [4.78, 5) is 0. The van der Waals surface area contributed by atoms with Crippen molar-refractivity contribution in [2.75, 3.05) is 13.2 Å². The average Bonchev–Trinajstić information content (AvgIpc) is 2.24. The van der Waals surface area contributed by atoms with Gasteiger partial charge >= 0.3 is 0 Å². The predicted molar refractivity (Wildman–Crippen MR) is 52.0 cm³/mol. The fourth-order valence-corrected chi connectivity index (χ4v) is 1.37. The summed E-state index contributed by atoms with van der Waals surface area (Å²) in [6.07, 6.45) is -5.61. The molecule has 0 aromatic carbocycles. The van der Waals surface area contributed by atoms with Crippen molar-refractivity contribution in [1.82, 2.24) is 0 Å². The quantitative estimate of drug-likeness (QED) is 0.295. The number of aliphatic hydroxyl groups excluding tert-OH is 6. The van der Waals surface area contributed by atoms with Gasteiger partial charge in [0.15, 0.2) is 0 Å². The second kappa shape index (κ2) is 5.74. The maximum absolute atomic E-state index is 9.60. The highest BCUT2D eigenvalue weighted by molar-refractivity contribution is 4.91. The second-order valence-corrected chi connectivity index (χ2v) is 4.21. The monoisotopic (exact) mass is 224 g/mol. The van der Waals surface area contributed by atoms with Gasteiger partial charge in [0.2, 0.25) is 0 Å². The third kappa shape index (κ3) is 3.37. The van der Waals surface area contributed by atoms with Crippen molar-refractivity contribution in [3.63, 3.8) is 0 Å². The van der Waals surface area contributed by atoms with Gasteiger partial charge in [0, 0.05) is 5.41 Å². The molecule has 0 heterocycles. The van der Waals surface area contributed by atoms with E-state index in [1.807, 2.05) is 0 Å². The zero-order valence-electron chi connectivity index (χ0n) is 8.91. The van der Waals surface area contributed by atoms with Gasteiger partial charge in [-0.05, 0) is 0 Å². The van der Waals surface area contributed by atoms with E-state index in [0.29, 0.717) is 0 Å². The number of rotatable bonds is 6. The molecule has 0 bridgehead atoms. The largest absolute Gasteiger partial charge is 0.394 e. The van der Waals surface area contributed by atoms with Crippen molar-refractivity contribution in [2.24, 2.45) is 5.41 Å². The van der Waals surface area contributed by atoms with Crippen molar-refractivity contribution in [3.05, 3.63) is 0 Å². The van der Waals surface area contributed by atoms with Gasteiger partial charge in [-0.25, -0.2) is 0 Å². The van der Waals surface area contributed by atoms with E-state index in [1.165, 1.54) is 13.8 Å². The maximum Gasteiger partial charge on any atom is 0.103 e. The van der Waals surface area contributed by atoms with Crippen LogP contribution >= 0.6 is 0 Å². The van der Waals surface area contributed by atoms with Crippen molar-refractivity contribution >= 4 is 0 Å². The zero-order valence-corrected chi connectivity index (χ0v) is 8.91. The van der Waals surface area contributed by atoms with Gasteiger partial charge < -0.3 is 30.6 Å². The Labute approximate surface area is 88.4 Å². The topological polar surface area (TPSA) is 121 Å². The highest BCUT2D eigenvalue weighted by atomic mass is 16.4. The van der Waals surface area contributed by atoms with Crippen LogP contribution in [0.4, 0.5) is 0 Å². The minimum atomic E-state index is -1.40. The molecule has 6 N–H and O–H groups in total. The molecule has 0 radical (unpaired) electrons. The Balaban J connectivity index is 4.64. The zero-order chi connectivity index (χ0) is 12.2. The van der Waals surface area contributed by atoms with Crippen LogP contribution in [0, 0.1) is 5.41 Å². The first-order valence-corrected chi connectivity index (χ1v) is 4.73. The fourth-order valence-electron chi connectivity index (χ4n) is 1.37. The van der Waals surface area contributed by atoms with Gasteiger partial charge in [0.25, 0.3) is 0 Å². The van der Waals surface area contributed by atoms with Crippen LogP contribution in [0.3, 0.4) is 0 Å². The van der Waals surface area contributed by atoms with Gasteiger partial charge in [-0.15, -0.1) is 0 Å². The summed E-state index contributed by atoms with van der Waals surface area (Å²) in [5.41, 5.74) is -1.25. The summed E-state index contributed by atoms with van der Waals surface area (Å²) < 4.78 is 0. The van der Waals surface area contributed by atoms with E-state index in [1.54, 1.807) is 0 Å². The molecule has 0 aromatic heterocycles.